The summed E-state index contributed by atoms with van der Waals surface area (Å²) >= 11 is 11.2. The van der Waals surface area contributed by atoms with E-state index in [0.717, 1.165) is 10.4 Å². The highest BCUT2D eigenvalue weighted by Gasteiger charge is 2.17. The van der Waals surface area contributed by atoms with Crippen LogP contribution in [-0.4, -0.2) is 48.2 Å². The van der Waals surface area contributed by atoms with E-state index in [1.807, 2.05) is 6.08 Å². The average Bonchev–Trinajstić information content (AvgIpc) is 2.68. The van der Waals surface area contributed by atoms with Gasteiger partial charge in [-0.3, -0.25) is 0 Å². The topological polar surface area (TPSA) is 89.7 Å². The number of thiocarbonyl (C=S) groups is 1. The summed E-state index contributed by atoms with van der Waals surface area (Å²) in [6.45, 7) is 0.591. The maximum Gasteiger partial charge on any atom is 0.358 e. The molecule has 1 aliphatic rings. The molecule has 1 aliphatic carbocycles. The Labute approximate surface area is 172 Å². The SMILES string of the molecule is CO/N=C(/C(=O)O)c1ccccc1COC/C=N/OCC1=CC(Cl)=CCC1=S. The Bertz CT molecular complexity index is 848. The molecule has 0 radical (unpaired) electrons. The molecule has 7 nitrogen and oxygen atoms in total. The van der Waals surface area contributed by atoms with E-state index in [2.05, 4.69) is 15.1 Å². The number of aliphatic carboxylic acids is 1. The Balaban J connectivity index is 1.83. The van der Waals surface area contributed by atoms with Crippen LogP contribution in [0.15, 0.2) is 57.3 Å². The zero-order valence-corrected chi connectivity index (χ0v) is 16.7. The largest absolute Gasteiger partial charge is 0.476 e. The molecule has 0 aliphatic heterocycles. The molecule has 0 amide bonds. The lowest BCUT2D eigenvalue weighted by Gasteiger charge is -2.10. The number of halogens is 1. The minimum atomic E-state index is -1.19. The number of rotatable bonds is 10. The number of benzene rings is 1. The first-order chi connectivity index (χ1) is 13.5. The number of allylic oxidation sites excluding steroid dienone is 3. The maximum atomic E-state index is 11.3. The number of oxime groups is 2. The van der Waals surface area contributed by atoms with Crippen molar-refractivity contribution in [3.05, 3.63) is 58.1 Å². The van der Waals surface area contributed by atoms with Gasteiger partial charge in [-0.25, -0.2) is 4.79 Å². The molecule has 0 atom stereocenters. The Morgan fingerprint density at radius 1 is 1.36 bits per heavy atom. The molecule has 0 saturated carbocycles. The van der Waals surface area contributed by atoms with Gasteiger partial charge in [-0.2, -0.15) is 0 Å². The number of hydrogen-bond acceptors (Lipinski definition) is 7. The fourth-order valence-electron chi connectivity index (χ4n) is 2.33. The highest BCUT2D eigenvalue weighted by Crippen LogP contribution is 2.18. The summed E-state index contributed by atoms with van der Waals surface area (Å²) in [6, 6.07) is 6.90. The summed E-state index contributed by atoms with van der Waals surface area (Å²) in [6.07, 6.45) is 5.70. The Morgan fingerprint density at radius 2 is 2.14 bits per heavy atom. The van der Waals surface area contributed by atoms with Crippen molar-refractivity contribution < 1.29 is 24.3 Å². The predicted molar refractivity (Wildman–Crippen MR) is 111 cm³/mol. The van der Waals surface area contributed by atoms with E-state index in [4.69, 9.17) is 33.4 Å². The molecule has 1 N–H and O–H groups in total. The average molecular weight is 423 g/mol. The van der Waals surface area contributed by atoms with Crippen LogP contribution >= 0.6 is 23.8 Å². The van der Waals surface area contributed by atoms with Gasteiger partial charge in [0.25, 0.3) is 0 Å². The van der Waals surface area contributed by atoms with E-state index in [-0.39, 0.29) is 25.5 Å². The molecule has 0 spiro atoms. The Morgan fingerprint density at radius 3 is 2.89 bits per heavy atom. The Kier molecular flexibility index (Phi) is 8.80. The minimum Gasteiger partial charge on any atom is -0.476 e. The van der Waals surface area contributed by atoms with Gasteiger partial charge in [0.15, 0.2) is 5.71 Å². The van der Waals surface area contributed by atoms with Gasteiger partial charge in [0.2, 0.25) is 0 Å². The molecule has 2 rings (SSSR count). The number of carbonyl (C=O) groups is 1. The summed E-state index contributed by atoms with van der Waals surface area (Å²) < 4.78 is 5.51. The highest BCUT2D eigenvalue weighted by atomic mass is 35.5. The third-order valence-electron chi connectivity index (χ3n) is 3.63. The summed E-state index contributed by atoms with van der Waals surface area (Å²) in [5.41, 5.74) is 1.72. The monoisotopic (exact) mass is 422 g/mol. The van der Waals surface area contributed by atoms with Crippen molar-refractivity contribution in [2.75, 3.05) is 20.3 Å². The Hall–Kier alpha value is -2.55. The van der Waals surface area contributed by atoms with Crippen LogP contribution in [0.25, 0.3) is 0 Å². The van der Waals surface area contributed by atoms with Crippen molar-refractivity contribution >= 4 is 46.6 Å². The van der Waals surface area contributed by atoms with Crippen LogP contribution in [-0.2, 0) is 25.8 Å². The van der Waals surface area contributed by atoms with Gasteiger partial charge in [0.05, 0.1) is 19.4 Å². The first-order valence-electron chi connectivity index (χ1n) is 8.26. The maximum absolute atomic E-state index is 11.3. The molecule has 0 bridgehead atoms. The third kappa shape index (κ3) is 6.56. The predicted octanol–water partition coefficient (Wildman–Crippen LogP) is 3.46. The highest BCUT2D eigenvalue weighted by molar-refractivity contribution is 7.80. The van der Waals surface area contributed by atoms with E-state index in [0.29, 0.717) is 22.6 Å². The summed E-state index contributed by atoms with van der Waals surface area (Å²) in [4.78, 5) is 21.9. The third-order valence-corrected chi connectivity index (χ3v) is 4.32. The second-order valence-electron chi connectivity index (χ2n) is 5.55. The molecule has 1 aromatic carbocycles. The van der Waals surface area contributed by atoms with Crippen molar-refractivity contribution in [2.45, 2.75) is 13.0 Å². The van der Waals surface area contributed by atoms with Crippen LogP contribution in [0.5, 0.6) is 0 Å². The molecular formula is C19H19ClN2O5S. The molecule has 148 valence electrons. The molecule has 1 aromatic rings. The fraction of sp³-hybridized carbons (Fsp3) is 0.263. The number of carboxylic acid groups (broad SMARTS) is 1. The second kappa shape index (κ2) is 11.3. The van der Waals surface area contributed by atoms with Crippen LogP contribution in [0.3, 0.4) is 0 Å². The van der Waals surface area contributed by atoms with Crippen molar-refractivity contribution in [1.82, 2.24) is 0 Å². The molecule has 0 aromatic heterocycles. The standard InChI is InChI=1S/C19H19ClN2O5S/c1-25-22-18(19(23)24)16-5-3-2-4-13(16)11-26-9-8-21-27-12-14-10-15(20)6-7-17(14)28/h2-6,8,10H,7,9,11-12H2,1H3,(H,23,24)/b21-8+,22-18+. The van der Waals surface area contributed by atoms with Gasteiger partial charge in [-0.1, -0.05) is 64.5 Å². The quantitative estimate of drug-likeness (QED) is 0.269. The van der Waals surface area contributed by atoms with Crippen LogP contribution in [0.1, 0.15) is 17.5 Å². The first-order valence-corrected chi connectivity index (χ1v) is 9.05. The van der Waals surface area contributed by atoms with Gasteiger partial charge in [-0.05, 0) is 11.6 Å². The van der Waals surface area contributed by atoms with Crippen molar-refractivity contribution in [2.24, 2.45) is 10.3 Å². The van der Waals surface area contributed by atoms with Crippen LogP contribution < -0.4 is 0 Å². The normalized spacial score (nSPS) is 14.6. The summed E-state index contributed by atoms with van der Waals surface area (Å²) in [7, 11) is 1.29. The van der Waals surface area contributed by atoms with E-state index in [1.165, 1.54) is 13.3 Å². The summed E-state index contributed by atoms with van der Waals surface area (Å²) in [5, 5.41) is 17.3. The van der Waals surface area contributed by atoms with Gasteiger partial charge in [0, 0.05) is 27.5 Å². The molecular weight excluding hydrogens is 404 g/mol. The molecule has 0 heterocycles. The lowest BCUT2D eigenvalue weighted by Crippen LogP contribution is -2.17. The van der Waals surface area contributed by atoms with Gasteiger partial charge >= 0.3 is 5.97 Å². The smallest absolute Gasteiger partial charge is 0.358 e. The van der Waals surface area contributed by atoms with Gasteiger partial charge < -0.3 is 19.5 Å². The van der Waals surface area contributed by atoms with Crippen molar-refractivity contribution in [3.8, 4) is 0 Å². The van der Waals surface area contributed by atoms with Gasteiger partial charge in [-0.15, -0.1) is 0 Å². The van der Waals surface area contributed by atoms with E-state index >= 15 is 0 Å². The molecule has 9 heteroatoms. The molecule has 0 fully saturated rings. The number of carboxylic acids is 1. The zero-order chi connectivity index (χ0) is 20.4. The van der Waals surface area contributed by atoms with Crippen LogP contribution in [0.2, 0.25) is 0 Å². The minimum absolute atomic E-state index is 0.174. The number of ether oxygens (including phenoxy) is 1. The zero-order valence-electron chi connectivity index (χ0n) is 15.1. The second-order valence-corrected chi connectivity index (χ2v) is 6.48. The number of nitrogens with zero attached hydrogens (tertiary/aromatic N) is 2. The molecule has 0 unspecified atom stereocenters. The molecule has 28 heavy (non-hydrogen) atoms. The van der Waals surface area contributed by atoms with Crippen molar-refractivity contribution in [3.63, 3.8) is 0 Å². The van der Waals surface area contributed by atoms with Crippen molar-refractivity contribution in [1.29, 1.82) is 0 Å². The fourth-order valence-corrected chi connectivity index (χ4v) is 2.74. The number of hydrogen-bond donors (Lipinski definition) is 1. The lowest BCUT2D eigenvalue weighted by atomic mass is 10.0. The van der Waals surface area contributed by atoms with Crippen LogP contribution in [0, 0.1) is 0 Å². The summed E-state index contributed by atoms with van der Waals surface area (Å²) in [5.74, 6) is -1.19. The first kappa shape index (κ1) is 21.7. The van der Waals surface area contributed by atoms with E-state index in [1.54, 1.807) is 30.3 Å². The van der Waals surface area contributed by atoms with E-state index < -0.39 is 5.97 Å². The van der Waals surface area contributed by atoms with E-state index in [9.17, 15) is 9.90 Å². The van der Waals surface area contributed by atoms with Crippen LogP contribution in [0.4, 0.5) is 0 Å². The van der Waals surface area contributed by atoms with Gasteiger partial charge in [0.1, 0.15) is 13.7 Å². The molecule has 0 saturated heterocycles. The lowest BCUT2D eigenvalue weighted by molar-refractivity contribution is -0.129.